The maximum Gasteiger partial charge on any atom is 0.306 e. The number of halogens is 1. The molecule has 2 atom stereocenters. The molecule has 0 radical (unpaired) electrons. The van der Waals surface area contributed by atoms with Gasteiger partial charge in [0.05, 0.1) is 18.6 Å². The van der Waals surface area contributed by atoms with Gasteiger partial charge < -0.3 is 15.2 Å². The Balaban J connectivity index is 1.84. The molecule has 0 bridgehead atoms. The number of ketones is 1. The van der Waals surface area contributed by atoms with Gasteiger partial charge in [-0.05, 0) is 37.0 Å². The highest BCUT2D eigenvalue weighted by molar-refractivity contribution is 6.31. The fourth-order valence-electron chi connectivity index (χ4n) is 3.37. The lowest BCUT2D eigenvalue weighted by Gasteiger charge is -2.28. The van der Waals surface area contributed by atoms with Crippen molar-refractivity contribution in [1.82, 2.24) is 5.32 Å². The number of aliphatic carboxylic acids is 1. The highest BCUT2D eigenvalue weighted by Gasteiger charge is 2.30. The molecule has 6 nitrogen and oxygen atoms in total. The standard InChI is InChI=1S/C19H24ClNO5/c1-26-17-8-6-13(20)10-15(17)16(22)7-9-18(23)21-11-12-4-2-3-5-14(12)19(24)25/h6,8,10,12,14H,2-5,7,9,11H2,1H3,(H,21,23)(H,24,25)/t12-,14-/m0/s1. The van der Waals surface area contributed by atoms with Crippen molar-refractivity contribution in [2.24, 2.45) is 11.8 Å². The zero-order valence-electron chi connectivity index (χ0n) is 14.8. The summed E-state index contributed by atoms with van der Waals surface area (Å²) in [5.41, 5.74) is 0.353. The molecule has 0 unspecified atom stereocenters. The van der Waals surface area contributed by atoms with E-state index in [1.54, 1.807) is 12.1 Å². The molecule has 1 fully saturated rings. The van der Waals surface area contributed by atoms with E-state index in [2.05, 4.69) is 5.32 Å². The molecule has 2 N–H and O–H groups in total. The van der Waals surface area contributed by atoms with E-state index >= 15 is 0 Å². The number of hydrogen-bond donors (Lipinski definition) is 2. The minimum absolute atomic E-state index is 0.0373. The Hall–Kier alpha value is -2.08. The highest BCUT2D eigenvalue weighted by Crippen LogP contribution is 2.30. The number of carbonyl (C=O) groups is 3. The fourth-order valence-corrected chi connectivity index (χ4v) is 3.54. The largest absolute Gasteiger partial charge is 0.496 e. The first-order valence-electron chi connectivity index (χ1n) is 8.78. The third-order valence-corrected chi connectivity index (χ3v) is 5.06. The molecule has 1 aromatic carbocycles. The third kappa shape index (κ3) is 5.46. The van der Waals surface area contributed by atoms with Gasteiger partial charge in [0.25, 0.3) is 0 Å². The molecule has 0 spiro atoms. The summed E-state index contributed by atoms with van der Waals surface area (Å²) in [6, 6.07) is 4.78. The molecule has 1 saturated carbocycles. The molecule has 1 aliphatic carbocycles. The van der Waals surface area contributed by atoms with Gasteiger partial charge in [0.15, 0.2) is 5.78 Å². The van der Waals surface area contributed by atoms with Crippen molar-refractivity contribution < 1.29 is 24.2 Å². The van der Waals surface area contributed by atoms with E-state index in [-0.39, 0.29) is 30.4 Å². The van der Waals surface area contributed by atoms with Crippen LogP contribution >= 0.6 is 11.6 Å². The van der Waals surface area contributed by atoms with Crippen molar-refractivity contribution in [3.8, 4) is 5.75 Å². The molecule has 26 heavy (non-hydrogen) atoms. The zero-order chi connectivity index (χ0) is 19.1. The monoisotopic (exact) mass is 381 g/mol. The van der Waals surface area contributed by atoms with Gasteiger partial charge in [-0.15, -0.1) is 0 Å². The Labute approximate surface area is 157 Å². The summed E-state index contributed by atoms with van der Waals surface area (Å²) in [5.74, 6) is -1.30. The molecule has 1 aromatic rings. The summed E-state index contributed by atoms with van der Waals surface area (Å²) < 4.78 is 5.15. The summed E-state index contributed by atoms with van der Waals surface area (Å²) in [4.78, 5) is 35.7. The Morgan fingerprint density at radius 3 is 2.65 bits per heavy atom. The summed E-state index contributed by atoms with van der Waals surface area (Å²) >= 11 is 5.92. The van der Waals surface area contributed by atoms with E-state index < -0.39 is 11.9 Å². The van der Waals surface area contributed by atoms with Crippen molar-refractivity contribution >= 4 is 29.3 Å². The van der Waals surface area contributed by atoms with Crippen LogP contribution in [0, 0.1) is 11.8 Å². The number of ether oxygens (including phenoxy) is 1. The second-order valence-electron chi connectivity index (χ2n) is 6.56. The number of benzene rings is 1. The van der Waals surface area contributed by atoms with Crippen LogP contribution in [0.3, 0.4) is 0 Å². The number of amides is 1. The van der Waals surface area contributed by atoms with Gasteiger partial charge in [0, 0.05) is 24.4 Å². The van der Waals surface area contributed by atoms with Crippen molar-refractivity contribution in [1.29, 1.82) is 0 Å². The lowest BCUT2D eigenvalue weighted by molar-refractivity contribution is -0.145. The topological polar surface area (TPSA) is 92.7 Å². The van der Waals surface area contributed by atoms with Gasteiger partial charge >= 0.3 is 5.97 Å². The number of rotatable bonds is 8. The summed E-state index contributed by atoms with van der Waals surface area (Å²) in [7, 11) is 1.47. The molecular weight excluding hydrogens is 358 g/mol. The summed E-state index contributed by atoms with van der Waals surface area (Å²) in [6.07, 6.45) is 3.43. The van der Waals surface area contributed by atoms with Gasteiger partial charge in [0.2, 0.25) is 5.91 Å². The van der Waals surface area contributed by atoms with Gasteiger partial charge in [-0.2, -0.15) is 0 Å². The van der Waals surface area contributed by atoms with Gasteiger partial charge in [-0.1, -0.05) is 24.4 Å². The SMILES string of the molecule is COc1ccc(Cl)cc1C(=O)CCC(=O)NC[C@@H]1CCCC[C@@H]1C(=O)O. The Bertz CT molecular complexity index is 676. The van der Waals surface area contributed by atoms with Crippen LogP contribution in [0.5, 0.6) is 5.75 Å². The Morgan fingerprint density at radius 1 is 1.23 bits per heavy atom. The van der Waals surface area contributed by atoms with Crippen molar-refractivity contribution in [3.63, 3.8) is 0 Å². The smallest absolute Gasteiger partial charge is 0.306 e. The second-order valence-corrected chi connectivity index (χ2v) is 7.00. The average Bonchev–Trinajstić information content (AvgIpc) is 2.64. The molecule has 142 valence electrons. The molecular formula is C19H24ClNO5. The number of carboxylic acids is 1. The lowest BCUT2D eigenvalue weighted by atomic mass is 9.79. The molecule has 0 saturated heterocycles. The van der Waals surface area contributed by atoms with E-state index in [0.29, 0.717) is 29.3 Å². The van der Waals surface area contributed by atoms with Gasteiger partial charge in [0.1, 0.15) is 5.75 Å². The fraction of sp³-hybridized carbons (Fsp3) is 0.526. The van der Waals surface area contributed by atoms with Crippen molar-refractivity contribution in [3.05, 3.63) is 28.8 Å². The molecule has 0 aromatic heterocycles. The van der Waals surface area contributed by atoms with E-state index in [1.807, 2.05) is 0 Å². The quantitative estimate of drug-likeness (QED) is 0.674. The first-order valence-corrected chi connectivity index (χ1v) is 9.16. The van der Waals surface area contributed by atoms with E-state index in [4.69, 9.17) is 16.3 Å². The minimum atomic E-state index is -0.799. The van der Waals surface area contributed by atoms with E-state index in [1.165, 1.54) is 13.2 Å². The maximum atomic E-state index is 12.3. The highest BCUT2D eigenvalue weighted by atomic mass is 35.5. The van der Waals surface area contributed by atoms with Crippen molar-refractivity contribution in [2.75, 3.05) is 13.7 Å². The molecule has 1 aliphatic rings. The van der Waals surface area contributed by atoms with Crippen LogP contribution in [0.15, 0.2) is 18.2 Å². The van der Waals surface area contributed by atoms with Crippen LogP contribution in [0.4, 0.5) is 0 Å². The summed E-state index contributed by atoms with van der Waals surface area (Å²) in [6.45, 7) is 0.338. The Kier molecular flexibility index (Phi) is 7.45. The number of hydrogen-bond acceptors (Lipinski definition) is 4. The predicted octanol–water partition coefficient (Wildman–Crippen LogP) is 3.32. The van der Waals surface area contributed by atoms with Crippen LogP contribution in [0.2, 0.25) is 5.02 Å². The number of nitrogens with one attached hydrogen (secondary N) is 1. The molecule has 1 amide bonds. The third-order valence-electron chi connectivity index (χ3n) is 4.83. The van der Waals surface area contributed by atoms with Gasteiger partial charge in [-0.25, -0.2) is 0 Å². The second kappa shape index (κ2) is 9.57. The summed E-state index contributed by atoms with van der Waals surface area (Å²) in [5, 5.41) is 12.5. The molecule has 0 aliphatic heterocycles. The average molecular weight is 382 g/mol. The molecule has 0 heterocycles. The lowest BCUT2D eigenvalue weighted by Crippen LogP contribution is -2.37. The van der Waals surface area contributed by atoms with Crippen LogP contribution in [-0.2, 0) is 9.59 Å². The van der Waals surface area contributed by atoms with Crippen LogP contribution in [-0.4, -0.2) is 36.4 Å². The maximum absolute atomic E-state index is 12.3. The molecule has 7 heteroatoms. The predicted molar refractivity (Wildman–Crippen MR) is 97.7 cm³/mol. The normalized spacial score (nSPS) is 19.6. The number of carboxylic acid groups (broad SMARTS) is 1. The van der Waals surface area contributed by atoms with E-state index in [0.717, 1.165) is 19.3 Å². The van der Waals surface area contributed by atoms with E-state index in [9.17, 15) is 19.5 Å². The van der Waals surface area contributed by atoms with Crippen LogP contribution in [0.25, 0.3) is 0 Å². The van der Waals surface area contributed by atoms with Crippen molar-refractivity contribution in [2.45, 2.75) is 38.5 Å². The number of carbonyl (C=O) groups excluding carboxylic acids is 2. The zero-order valence-corrected chi connectivity index (χ0v) is 15.6. The first kappa shape index (κ1) is 20.2. The Morgan fingerprint density at radius 2 is 1.96 bits per heavy atom. The minimum Gasteiger partial charge on any atom is -0.496 e. The van der Waals surface area contributed by atoms with Crippen LogP contribution in [0.1, 0.15) is 48.9 Å². The van der Waals surface area contributed by atoms with Gasteiger partial charge in [-0.3, -0.25) is 14.4 Å². The first-order chi connectivity index (χ1) is 12.4. The molecule has 2 rings (SSSR count). The van der Waals surface area contributed by atoms with Crippen LogP contribution < -0.4 is 10.1 Å². The number of Topliss-reactive ketones (excluding diaryl/α,β-unsaturated/α-hetero) is 1. The number of methoxy groups -OCH3 is 1.